The second-order valence-electron chi connectivity index (χ2n) is 6.86. The lowest BCUT2D eigenvalue weighted by atomic mass is 9.71. The van der Waals surface area contributed by atoms with Crippen LogP contribution in [-0.4, -0.2) is 36.4 Å². The number of esters is 1. The van der Waals surface area contributed by atoms with Gasteiger partial charge in [0.25, 0.3) is 0 Å². The molecule has 2 aliphatic rings. The molecule has 25 heavy (non-hydrogen) atoms. The Kier molecular flexibility index (Phi) is 3.96. The zero-order valence-corrected chi connectivity index (χ0v) is 14.5. The number of fused-ring (bicyclic) bond motifs is 5. The Morgan fingerprint density at radius 3 is 2.84 bits per heavy atom. The summed E-state index contributed by atoms with van der Waals surface area (Å²) in [6, 6.07) is 7.92. The van der Waals surface area contributed by atoms with Crippen molar-refractivity contribution in [2.75, 3.05) is 13.7 Å². The van der Waals surface area contributed by atoms with E-state index in [9.17, 15) is 9.59 Å². The number of ketones is 1. The summed E-state index contributed by atoms with van der Waals surface area (Å²) < 4.78 is 5.08. The van der Waals surface area contributed by atoms with Crippen molar-refractivity contribution in [3.8, 4) is 0 Å². The van der Waals surface area contributed by atoms with E-state index < -0.39 is 0 Å². The molecule has 1 aliphatic heterocycles. The second-order valence-corrected chi connectivity index (χ2v) is 6.86. The molecule has 5 heteroatoms. The number of aromatic nitrogens is 1. The normalized spacial score (nSPS) is 27.7. The minimum absolute atomic E-state index is 0.0350. The highest BCUT2D eigenvalue weighted by atomic mass is 16.5. The van der Waals surface area contributed by atoms with Crippen LogP contribution in [0.15, 0.2) is 35.9 Å². The first-order chi connectivity index (χ1) is 12.1. The number of methoxy groups -OCH3 is 1. The molecule has 0 unspecified atom stereocenters. The van der Waals surface area contributed by atoms with Crippen molar-refractivity contribution < 1.29 is 14.3 Å². The summed E-state index contributed by atoms with van der Waals surface area (Å²) in [6.07, 6.45) is 2.99. The van der Waals surface area contributed by atoms with Crippen molar-refractivity contribution in [2.24, 2.45) is 11.8 Å². The van der Waals surface area contributed by atoms with Gasteiger partial charge >= 0.3 is 5.97 Å². The standard InChI is InChI=1S/C20H22N2O3/c1-3-11-10-21-16-8-14-12-6-4-5-7-15(12)22-19(14)17(23)9-13(11)18(16)20(24)25-2/h3-7,13,16,18,21-22H,8-10H2,1-2H3/b11-3+/t13-,16+,18+/m1/s1. The van der Waals surface area contributed by atoms with Crippen molar-refractivity contribution in [2.45, 2.75) is 25.8 Å². The van der Waals surface area contributed by atoms with Gasteiger partial charge in [0.1, 0.15) is 0 Å². The number of piperidine rings is 1. The summed E-state index contributed by atoms with van der Waals surface area (Å²) in [5.41, 5.74) is 3.78. The van der Waals surface area contributed by atoms with E-state index in [2.05, 4.69) is 10.3 Å². The molecule has 2 aromatic rings. The third kappa shape index (κ3) is 2.50. The van der Waals surface area contributed by atoms with E-state index in [1.165, 1.54) is 7.11 Å². The Hall–Kier alpha value is -2.40. The maximum absolute atomic E-state index is 13.0. The zero-order chi connectivity index (χ0) is 17.6. The molecule has 2 heterocycles. The number of carbonyl (C=O) groups is 2. The van der Waals surface area contributed by atoms with Crippen LogP contribution < -0.4 is 5.32 Å². The van der Waals surface area contributed by atoms with Gasteiger partial charge in [-0.05, 0) is 25.0 Å². The fourth-order valence-corrected chi connectivity index (χ4v) is 4.43. The quantitative estimate of drug-likeness (QED) is 0.619. The average molecular weight is 338 g/mol. The van der Waals surface area contributed by atoms with Gasteiger partial charge in [-0.15, -0.1) is 0 Å². The van der Waals surface area contributed by atoms with Gasteiger partial charge in [0.2, 0.25) is 0 Å². The van der Waals surface area contributed by atoms with Gasteiger partial charge < -0.3 is 15.0 Å². The molecule has 130 valence electrons. The molecule has 1 aromatic heterocycles. The lowest BCUT2D eigenvalue weighted by Gasteiger charge is -2.40. The van der Waals surface area contributed by atoms with Crippen LogP contribution in [-0.2, 0) is 16.0 Å². The summed E-state index contributed by atoms with van der Waals surface area (Å²) in [6.45, 7) is 2.67. The fraction of sp³-hybridized carbons (Fsp3) is 0.400. The van der Waals surface area contributed by atoms with Crippen LogP contribution in [0, 0.1) is 11.8 Å². The number of aromatic amines is 1. The highest BCUT2D eigenvalue weighted by Crippen LogP contribution is 2.38. The van der Waals surface area contributed by atoms with Crippen molar-refractivity contribution in [1.82, 2.24) is 10.3 Å². The molecule has 1 fully saturated rings. The van der Waals surface area contributed by atoms with Gasteiger partial charge in [-0.2, -0.15) is 0 Å². The lowest BCUT2D eigenvalue weighted by molar-refractivity contribution is -0.148. The van der Waals surface area contributed by atoms with Crippen LogP contribution in [0.5, 0.6) is 0 Å². The van der Waals surface area contributed by atoms with Crippen LogP contribution in [0.2, 0.25) is 0 Å². The van der Waals surface area contributed by atoms with Crippen molar-refractivity contribution in [3.05, 3.63) is 47.2 Å². The zero-order valence-electron chi connectivity index (χ0n) is 14.5. The highest BCUT2D eigenvalue weighted by Gasteiger charge is 2.44. The predicted octanol–water partition coefficient (Wildman–Crippen LogP) is 2.62. The number of H-pyrrole nitrogens is 1. The smallest absolute Gasteiger partial charge is 0.310 e. The average Bonchev–Trinajstić information content (AvgIpc) is 2.99. The third-order valence-corrected chi connectivity index (χ3v) is 5.68. The second kappa shape index (κ2) is 6.15. The Labute approximate surface area is 146 Å². The van der Waals surface area contributed by atoms with Crippen LogP contribution >= 0.6 is 0 Å². The van der Waals surface area contributed by atoms with Crippen molar-refractivity contribution in [1.29, 1.82) is 0 Å². The number of nitrogens with one attached hydrogen (secondary N) is 2. The molecule has 2 bridgehead atoms. The summed E-state index contributed by atoms with van der Waals surface area (Å²) in [5, 5.41) is 4.56. The number of hydrogen-bond acceptors (Lipinski definition) is 4. The number of rotatable bonds is 1. The Bertz CT molecular complexity index is 880. The summed E-state index contributed by atoms with van der Waals surface area (Å²) in [7, 11) is 1.42. The van der Waals surface area contributed by atoms with E-state index >= 15 is 0 Å². The first kappa shape index (κ1) is 16.1. The molecule has 3 atom stereocenters. The van der Waals surface area contributed by atoms with Gasteiger partial charge in [0.15, 0.2) is 5.78 Å². The molecular formula is C20H22N2O3. The Balaban J connectivity index is 1.87. The molecule has 0 spiro atoms. The van der Waals surface area contributed by atoms with E-state index in [0.29, 0.717) is 25.1 Å². The monoisotopic (exact) mass is 338 g/mol. The number of Topliss-reactive ketones (excluding diaryl/α,β-unsaturated/α-hetero) is 1. The number of ether oxygens (including phenoxy) is 1. The molecule has 0 saturated carbocycles. The lowest BCUT2D eigenvalue weighted by Crippen LogP contribution is -2.53. The summed E-state index contributed by atoms with van der Waals surface area (Å²) in [5.74, 6) is -0.603. The first-order valence-corrected chi connectivity index (χ1v) is 8.73. The molecule has 5 nitrogen and oxygen atoms in total. The molecule has 1 aromatic carbocycles. The summed E-state index contributed by atoms with van der Waals surface area (Å²) >= 11 is 0. The van der Waals surface area contributed by atoms with Crippen LogP contribution in [0.4, 0.5) is 0 Å². The van der Waals surface area contributed by atoms with E-state index in [4.69, 9.17) is 4.74 Å². The molecular weight excluding hydrogens is 316 g/mol. The maximum atomic E-state index is 13.0. The minimum Gasteiger partial charge on any atom is -0.469 e. The highest BCUT2D eigenvalue weighted by molar-refractivity contribution is 6.03. The number of carbonyl (C=O) groups excluding carboxylic acids is 2. The number of hydrogen-bond donors (Lipinski definition) is 2. The maximum Gasteiger partial charge on any atom is 0.310 e. The Morgan fingerprint density at radius 2 is 2.08 bits per heavy atom. The van der Waals surface area contributed by atoms with Gasteiger partial charge in [-0.1, -0.05) is 29.8 Å². The van der Waals surface area contributed by atoms with Crippen molar-refractivity contribution in [3.63, 3.8) is 0 Å². The third-order valence-electron chi connectivity index (χ3n) is 5.68. The van der Waals surface area contributed by atoms with Crippen molar-refractivity contribution >= 4 is 22.7 Å². The van der Waals surface area contributed by atoms with Gasteiger partial charge in [0, 0.05) is 35.8 Å². The molecule has 4 rings (SSSR count). The van der Waals surface area contributed by atoms with Gasteiger partial charge in [-0.3, -0.25) is 9.59 Å². The van der Waals surface area contributed by atoms with Crippen LogP contribution in [0.25, 0.3) is 10.9 Å². The van der Waals surface area contributed by atoms with Gasteiger partial charge in [0.05, 0.1) is 18.7 Å². The van der Waals surface area contributed by atoms with E-state index in [1.54, 1.807) is 0 Å². The first-order valence-electron chi connectivity index (χ1n) is 8.73. The van der Waals surface area contributed by atoms with E-state index in [-0.39, 0.29) is 29.6 Å². The molecule has 0 radical (unpaired) electrons. The number of allylic oxidation sites excluding steroid dienone is 1. The number of benzene rings is 1. The minimum atomic E-state index is -0.337. The van der Waals surface area contributed by atoms with E-state index in [1.807, 2.05) is 37.3 Å². The largest absolute Gasteiger partial charge is 0.469 e. The van der Waals surface area contributed by atoms with Crippen LogP contribution in [0.3, 0.4) is 0 Å². The van der Waals surface area contributed by atoms with Crippen LogP contribution in [0.1, 0.15) is 29.4 Å². The number of para-hydroxylation sites is 1. The summed E-state index contributed by atoms with van der Waals surface area (Å²) in [4.78, 5) is 28.8. The molecule has 1 aliphatic carbocycles. The topological polar surface area (TPSA) is 71.2 Å². The molecule has 2 N–H and O–H groups in total. The predicted molar refractivity (Wildman–Crippen MR) is 95.5 cm³/mol. The van der Waals surface area contributed by atoms with Gasteiger partial charge in [-0.25, -0.2) is 0 Å². The fourth-order valence-electron chi connectivity index (χ4n) is 4.43. The molecule has 1 saturated heterocycles. The molecule has 0 amide bonds. The SMILES string of the molecule is C/C=C1\CN[C@H]2Cc3c([nH]c4ccccc34)C(=O)C[C@H]1[C@@H]2C(=O)OC. The Morgan fingerprint density at radius 1 is 1.28 bits per heavy atom. The van der Waals surface area contributed by atoms with E-state index in [0.717, 1.165) is 22.0 Å².